The van der Waals surface area contributed by atoms with Gasteiger partial charge in [0.1, 0.15) is 0 Å². The van der Waals surface area contributed by atoms with Crippen molar-refractivity contribution < 1.29 is 14.3 Å². The molecule has 2 amide bonds. The maximum Gasteiger partial charge on any atom is 0.238 e. The molecule has 0 aromatic heterocycles. The van der Waals surface area contributed by atoms with Crippen molar-refractivity contribution in [2.75, 3.05) is 57.7 Å². The maximum atomic E-state index is 12.4. The lowest BCUT2D eigenvalue weighted by Gasteiger charge is -2.33. The van der Waals surface area contributed by atoms with Crippen molar-refractivity contribution in [2.24, 2.45) is 0 Å². The largest absolute Gasteiger partial charge is 0.376 e. The van der Waals surface area contributed by atoms with Gasteiger partial charge in [0.15, 0.2) is 0 Å². The molecule has 0 radical (unpaired) electrons. The Balaban J connectivity index is 1.34. The highest BCUT2D eigenvalue weighted by Crippen LogP contribution is 2.18. The highest BCUT2D eigenvalue weighted by atomic mass is 16.5. The van der Waals surface area contributed by atoms with Gasteiger partial charge in [0.25, 0.3) is 0 Å². The molecule has 28 heavy (non-hydrogen) atoms. The molecule has 2 fully saturated rings. The second-order valence-electron chi connectivity index (χ2n) is 7.79. The zero-order valence-corrected chi connectivity index (χ0v) is 17.0. The number of ether oxygens (including phenoxy) is 1. The van der Waals surface area contributed by atoms with Crippen molar-refractivity contribution in [3.63, 3.8) is 0 Å². The van der Waals surface area contributed by atoms with Crippen LogP contribution in [0.1, 0.15) is 24.0 Å². The zero-order chi connectivity index (χ0) is 19.9. The fraction of sp³-hybridized carbons (Fsp3) is 0.619. The summed E-state index contributed by atoms with van der Waals surface area (Å²) in [7, 11) is 0. The molecule has 7 nitrogen and oxygen atoms in total. The van der Waals surface area contributed by atoms with E-state index in [-0.39, 0.29) is 17.9 Å². The Kier molecular flexibility index (Phi) is 7.42. The van der Waals surface area contributed by atoms with Crippen LogP contribution in [0.3, 0.4) is 0 Å². The molecule has 0 spiro atoms. The summed E-state index contributed by atoms with van der Waals surface area (Å²) in [5.74, 6) is 0.0630. The van der Waals surface area contributed by atoms with Crippen molar-refractivity contribution in [1.29, 1.82) is 0 Å². The normalized spacial score (nSPS) is 20.9. The fourth-order valence-electron chi connectivity index (χ4n) is 3.68. The molecule has 2 aliphatic rings. The van der Waals surface area contributed by atoms with E-state index in [2.05, 4.69) is 20.4 Å². The topological polar surface area (TPSA) is 73.9 Å². The quantitative estimate of drug-likeness (QED) is 0.733. The van der Waals surface area contributed by atoms with E-state index in [0.29, 0.717) is 19.6 Å². The van der Waals surface area contributed by atoms with E-state index in [1.54, 1.807) is 0 Å². The maximum absolute atomic E-state index is 12.4. The van der Waals surface area contributed by atoms with E-state index in [1.165, 1.54) is 5.56 Å². The van der Waals surface area contributed by atoms with Gasteiger partial charge in [0, 0.05) is 45.0 Å². The summed E-state index contributed by atoms with van der Waals surface area (Å²) in [5, 5.41) is 5.98. The van der Waals surface area contributed by atoms with Crippen LogP contribution in [0.15, 0.2) is 18.2 Å². The Morgan fingerprint density at radius 3 is 2.39 bits per heavy atom. The second-order valence-corrected chi connectivity index (χ2v) is 7.79. The van der Waals surface area contributed by atoms with Crippen LogP contribution in [-0.4, -0.2) is 80.1 Å². The summed E-state index contributed by atoms with van der Waals surface area (Å²) in [6, 6.07) is 5.94. The molecule has 0 aliphatic carbocycles. The smallest absolute Gasteiger partial charge is 0.238 e. The molecule has 1 aromatic rings. The number of anilines is 1. The standard InChI is InChI=1S/C21H32N4O3/c1-16-5-3-7-19(17(16)2)23-21(27)15-25-10-8-24(9-11-25)14-20(26)22-13-18-6-4-12-28-18/h3,5,7,18H,4,6,8-15H2,1-2H3,(H,22,26)(H,23,27)/t18-/m1/s1. The minimum absolute atomic E-state index is 0.0106. The first-order valence-corrected chi connectivity index (χ1v) is 10.2. The van der Waals surface area contributed by atoms with Crippen LogP contribution >= 0.6 is 0 Å². The number of benzene rings is 1. The third-order valence-electron chi connectivity index (χ3n) is 5.63. The highest BCUT2D eigenvalue weighted by Gasteiger charge is 2.22. The molecule has 2 aliphatic heterocycles. The number of amides is 2. The summed E-state index contributed by atoms with van der Waals surface area (Å²) >= 11 is 0. The average Bonchev–Trinajstić information content (AvgIpc) is 3.19. The minimum Gasteiger partial charge on any atom is -0.376 e. The summed E-state index contributed by atoms with van der Waals surface area (Å²) in [5.41, 5.74) is 3.16. The minimum atomic E-state index is 0.0106. The van der Waals surface area contributed by atoms with Gasteiger partial charge in [-0.25, -0.2) is 0 Å². The van der Waals surface area contributed by atoms with Gasteiger partial charge in [-0.05, 0) is 43.9 Å². The molecular weight excluding hydrogens is 356 g/mol. The molecule has 2 N–H and O–H groups in total. The van der Waals surface area contributed by atoms with Gasteiger partial charge >= 0.3 is 0 Å². The van der Waals surface area contributed by atoms with E-state index < -0.39 is 0 Å². The van der Waals surface area contributed by atoms with Gasteiger partial charge in [-0.3, -0.25) is 19.4 Å². The van der Waals surface area contributed by atoms with Crippen LogP contribution in [0.4, 0.5) is 5.69 Å². The van der Waals surface area contributed by atoms with E-state index in [0.717, 1.165) is 56.9 Å². The van der Waals surface area contributed by atoms with Gasteiger partial charge in [0.05, 0.1) is 19.2 Å². The Labute approximate surface area is 167 Å². The number of piperazine rings is 1. The average molecular weight is 389 g/mol. The molecule has 1 atom stereocenters. The fourth-order valence-corrected chi connectivity index (χ4v) is 3.68. The van der Waals surface area contributed by atoms with Crippen LogP contribution in [0.25, 0.3) is 0 Å². The third kappa shape index (κ3) is 6.02. The van der Waals surface area contributed by atoms with E-state index >= 15 is 0 Å². The van der Waals surface area contributed by atoms with Crippen molar-refractivity contribution >= 4 is 17.5 Å². The van der Waals surface area contributed by atoms with Crippen molar-refractivity contribution in [1.82, 2.24) is 15.1 Å². The van der Waals surface area contributed by atoms with Crippen LogP contribution < -0.4 is 10.6 Å². The summed E-state index contributed by atoms with van der Waals surface area (Å²) < 4.78 is 5.53. The number of carbonyl (C=O) groups excluding carboxylic acids is 2. The van der Waals surface area contributed by atoms with E-state index in [4.69, 9.17) is 4.74 Å². The molecule has 2 heterocycles. The van der Waals surface area contributed by atoms with Crippen LogP contribution in [-0.2, 0) is 14.3 Å². The van der Waals surface area contributed by atoms with Crippen LogP contribution in [0, 0.1) is 13.8 Å². The molecule has 1 aromatic carbocycles. The van der Waals surface area contributed by atoms with E-state index in [9.17, 15) is 9.59 Å². The number of aryl methyl sites for hydroxylation is 1. The van der Waals surface area contributed by atoms with Gasteiger partial charge in [-0.1, -0.05) is 12.1 Å². The van der Waals surface area contributed by atoms with Gasteiger partial charge < -0.3 is 15.4 Å². The van der Waals surface area contributed by atoms with Gasteiger partial charge in [-0.2, -0.15) is 0 Å². The number of hydrogen-bond donors (Lipinski definition) is 2. The Morgan fingerprint density at radius 2 is 1.75 bits per heavy atom. The molecule has 0 saturated carbocycles. The molecule has 7 heteroatoms. The number of carbonyl (C=O) groups is 2. The molecular formula is C21H32N4O3. The number of nitrogens with zero attached hydrogens (tertiary/aromatic N) is 2. The van der Waals surface area contributed by atoms with Crippen molar-refractivity contribution in [3.8, 4) is 0 Å². The van der Waals surface area contributed by atoms with Crippen molar-refractivity contribution in [3.05, 3.63) is 29.3 Å². The molecule has 0 unspecified atom stereocenters. The Bertz CT molecular complexity index is 680. The first kappa shape index (κ1) is 20.8. The molecule has 0 bridgehead atoms. The summed E-state index contributed by atoms with van der Waals surface area (Å²) in [6.07, 6.45) is 2.29. The summed E-state index contributed by atoms with van der Waals surface area (Å²) in [4.78, 5) is 28.8. The number of hydrogen-bond acceptors (Lipinski definition) is 5. The first-order chi connectivity index (χ1) is 13.5. The lowest BCUT2D eigenvalue weighted by Crippen LogP contribution is -2.51. The summed E-state index contributed by atoms with van der Waals surface area (Å²) in [6.45, 7) is 9.44. The highest BCUT2D eigenvalue weighted by molar-refractivity contribution is 5.93. The molecule has 154 valence electrons. The lowest BCUT2D eigenvalue weighted by molar-refractivity contribution is -0.124. The number of nitrogens with one attached hydrogen (secondary N) is 2. The molecule has 2 saturated heterocycles. The zero-order valence-electron chi connectivity index (χ0n) is 17.0. The number of rotatable bonds is 7. The van der Waals surface area contributed by atoms with Gasteiger partial charge in [-0.15, -0.1) is 0 Å². The first-order valence-electron chi connectivity index (χ1n) is 10.2. The predicted octanol–water partition coefficient (Wildman–Crippen LogP) is 1.15. The molecule has 3 rings (SSSR count). The third-order valence-corrected chi connectivity index (χ3v) is 5.63. The Morgan fingerprint density at radius 1 is 1.07 bits per heavy atom. The predicted molar refractivity (Wildman–Crippen MR) is 109 cm³/mol. The van der Waals surface area contributed by atoms with E-state index in [1.807, 2.05) is 32.0 Å². The Hall–Kier alpha value is -1.96. The monoisotopic (exact) mass is 388 g/mol. The van der Waals surface area contributed by atoms with Gasteiger partial charge in [0.2, 0.25) is 11.8 Å². The lowest BCUT2D eigenvalue weighted by atomic mass is 10.1. The second kappa shape index (κ2) is 10.0. The SMILES string of the molecule is Cc1cccc(NC(=O)CN2CCN(CC(=O)NC[C@H]3CCCO3)CC2)c1C. The van der Waals surface area contributed by atoms with Crippen molar-refractivity contribution in [2.45, 2.75) is 32.8 Å². The van der Waals surface area contributed by atoms with Crippen LogP contribution in [0.2, 0.25) is 0 Å². The van der Waals surface area contributed by atoms with Crippen LogP contribution in [0.5, 0.6) is 0 Å².